The van der Waals surface area contributed by atoms with Gasteiger partial charge >= 0.3 is 101 Å². The Morgan fingerprint density at radius 2 is 0.768 bits per heavy atom. The minimum Gasteiger partial charge on any atom is -0.490 e. The molecular weight excluding hydrogens is 1260 g/mol. The maximum absolute atomic E-state index is 14.7. The molecule has 11 nitrogen and oxygen atoms in total. The Morgan fingerprint density at radius 1 is 0.488 bits per heavy atom. The number of nitrogens with zero attached hydrogens (tertiary/aromatic N) is 2. The summed E-state index contributed by atoms with van der Waals surface area (Å²) in [5, 5.41) is 11.9. The van der Waals surface area contributed by atoms with Gasteiger partial charge in [-0.1, -0.05) is 18.9 Å². The standard InChI is InChI=1S/C37H26F34N2O9/c1-13(2)20(81-21(76)82-72-18(74)5-6-19(72)75)14-11-16(79-9-3-7-22(38,39)24(42,43)26(46,47)28(50,51)30(54,55)32(58,59)34(62,63)36(66,67)68)17(12-15(14)73(77)78)80-10-4-8-23(40,41)25(44,45)27(48,49)29(52,53)31(56,57)33(60,61)35(64,65)37(69,70)71/h11-13,20H,3-10H2,1-2H3. The molecule has 0 saturated carbocycles. The van der Waals surface area contributed by atoms with Gasteiger partial charge in [-0.3, -0.25) is 24.5 Å². The van der Waals surface area contributed by atoms with Crippen LogP contribution in [0.3, 0.4) is 0 Å². The normalized spacial score (nSPS) is 16.5. The molecule has 476 valence electrons. The Morgan fingerprint density at radius 3 is 1.05 bits per heavy atom. The molecule has 2 rings (SSSR count). The van der Waals surface area contributed by atoms with Gasteiger partial charge in [0.15, 0.2) is 11.5 Å². The first-order chi connectivity index (χ1) is 36.0. The summed E-state index contributed by atoms with van der Waals surface area (Å²) in [6.45, 7) is -2.25. The third-order valence-corrected chi connectivity index (χ3v) is 11.0. The lowest BCUT2D eigenvalue weighted by Crippen LogP contribution is -2.74. The van der Waals surface area contributed by atoms with E-state index in [1.807, 2.05) is 0 Å². The van der Waals surface area contributed by atoms with Crippen LogP contribution in [0.15, 0.2) is 12.1 Å². The zero-order chi connectivity index (χ0) is 65.3. The van der Waals surface area contributed by atoms with Crippen molar-refractivity contribution in [3.63, 3.8) is 0 Å². The fraction of sp³-hybridized carbons (Fsp3) is 0.757. The van der Waals surface area contributed by atoms with Gasteiger partial charge in [0.05, 0.1) is 29.8 Å². The minimum atomic E-state index is -9.05. The van der Waals surface area contributed by atoms with E-state index in [0.717, 1.165) is 13.8 Å². The van der Waals surface area contributed by atoms with E-state index >= 15 is 0 Å². The molecule has 0 aromatic heterocycles. The van der Waals surface area contributed by atoms with Crippen LogP contribution in [-0.4, -0.2) is 136 Å². The second-order valence-electron chi connectivity index (χ2n) is 17.0. The van der Waals surface area contributed by atoms with Crippen molar-refractivity contribution >= 4 is 23.7 Å². The largest absolute Gasteiger partial charge is 0.534 e. The van der Waals surface area contributed by atoms with E-state index in [9.17, 15) is 174 Å². The number of hydrogen-bond acceptors (Lipinski definition) is 9. The van der Waals surface area contributed by atoms with Crippen LogP contribution in [-0.2, 0) is 19.2 Å². The average molecular weight is 1290 g/mol. The number of rotatable bonds is 27. The molecule has 45 heteroatoms. The van der Waals surface area contributed by atoms with Crippen LogP contribution in [0, 0.1) is 16.0 Å². The van der Waals surface area contributed by atoms with E-state index in [-0.39, 0.29) is 17.2 Å². The summed E-state index contributed by atoms with van der Waals surface area (Å²) in [7, 11) is 0. The van der Waals surface area contributed by atoms with Gasteiger partial charge in [-0.25, -0.2) is 4.79 Å². The Hall–Kier alpha value is -5.75. The third kappa shape index (κ3) is 11.6. The molecule has 1 fully saturated rings. The van der Waals surface area contributed by atoms with Crippen molar-refractivity contribution < 1.29 is 188 Å². The quantitative estimate of drug-likeness (QED) is 0.0211. The highest BCUT2D eigenvalue weighted by molar-refractivity contribution is 6.01. The number of imide groups is 1. The van der Waals surface area contributed by atoms with Crippen LogP contribution < -0.4 is 9.47 Å². The molecule has 82 heavy (non-hydrogen) atoms. The number of benzene rings is 1. The Balaban J connectivity index is 2.68. The van der Waals surface area contributed by atoms with Crippen molar-refractivity contribution in [3.8, 4) is 11.5 Å². The van der Waals surface area contributed by atoms with Crippen molar-refractivity contribution in [2.45, 2.75) is 154 Å². The fourth-order valence-electron chi connectivity index (χ4n) is 6.25. The summed E-state index contributed by atoms with van der Waals surface area (Å²) >= 11 is 0. The number of halogens is 34. The minimum absolute atomic E-state index is 0.00165. The van der Waals surface area contributed by atoms with Crippen LogP contribution in [0.5, 0.6) is 11.5 Å². The maximum Gasteiger partial charge on any atom is 0.534 e. The third-order valence-electron chi connectivity index (χ3n) is 11.0. The van der Waals surface area contributed by atoms with Gasteiger partial charge < -0.3 is 14.2 Å². The van der Waals surface area contributed by atoms with Crippen LogP contribution >= 0.6 is 0 Å². The second kappa shape index (κ2) is 22.0. The summed E-state index contributed by atoms with van der Waals surface area (Å²) in [5.74, 6) is -127. The van der Waals surface area contributed by atoms with Crippen LogP contribution in [0.2, 0.25) is 0 Å². The molecule has 1 saturated heterocycles. The summed E-state index contributed by atoms with van der Waals surface area (Å²) in [6, 6.07) is -0.173. The van der Waals surface area contributed by atoms with Crippen molar-refractivity contribution in [1.82, 2.24) is 5.06 Å². The number of hydrogen-bond donors (Lipinski definition) is 0. The SMILES string of the molecule is CC(C)C(OC(=O)ON1C(=O)CCC1=O)c1cc(OCCCC(F)(F)C(F)(F)C(F)(F)C(F)(F)C(F)(F)C(F)(F)C(F)(F)C(F)(F)F)c(OCCCC(F)(F)C(F)(F)C(F)(F)C(F)(F)C(F)(F)C(F)(F)C(F)(F)C(F)(F)F)cc1[N+](=O)[O-]. The topological polar surface area (TPSA) is 135 Å². The molecule has 0 bridgehead atoms. The van der Waals surface area contributed by atoms with E-state index in [1.54, 1.807) is 0 Å². The second-order valence-corrected chi connectivity index (χ2v) is 17.0. The zero-order valence-electron chi connectivity index (χ0n) is 38.9. The van der Waals surface area contributed by atoms with Crippen molar-refractivity contribution in [2.75, 3.05) is 13.2 Å². The summed E-state index contributed by atoms with van der Waals surface area (Å²) in [5.41, 5.74) is -2.85. The highest BCUT2D eigenvalue weighted by Crippen LogP contribution is 2.66. The molecule has 0 radical (unpaired) electrons. The predicted molar refractivity (Wildman–Crippen MR) is 190 cm³/mol. The Labute approximate surface area is 429 Å². The number of carbonyl (C=O) groups excluding carboxylic acids is 3. The highest BCUT2D eigenvalue weighted by atomic mass is 19.4. The first-order valence-corrected chi connectivity index (χ1v) is 20.7. The number of nitro groups is 1. The van der Waals surface area contributed by atoms with E-state index < -0.39 is 205 Å². The van der Waals surface area contributed by atoms with E-state index in [1.165, 1.54) is 0 Å². The number of nitro benzene ring substituents is 1. The Bertz CT molecular complexity index is 2490. The van der Waals surface area contributed by atoms with Crippen LogP contribution in [0.25, 0.3) is 0 Å². The van der Waals surface area contributed by atoms with E-state index in [0.29, 0.717) is 0 Å². The predicted octanol–water partition coefficient (Wildman–Crippen LogP) is 14.8. The first-order valence-electron chi connectivity index (χ1n) is 20.7. The fourth-order valence-corrected chi connectivity index (χ4v) is 6.25. The summed E-state index contributed by atoms with van der Waals surface area (Å²) in [4.78, 5) is 51.2. The monoisotopic (exact) mass is 1290 g/mol. The van der Waals surface area contributed by atoms with Crippen molar-refractivity contribution in [2.24, 2.45) is 5.92 Å². The summed E-state index contributed by atoms with van der Waals surface area (Å²) < 4.78 is 481. The average Bonchev–Trinajstić information content (AvgIpc) is 3.61. The van der Waals surface area contributed by atoms with Crippen LogP contribution in [0.1, 0.15) is 64.0 Å². The first kappa shape index (κ1) is 72.4. The number of ether oxygens (including phenoxy) is 3. The van der Waals surface area contributed by atoms with Gasteiger partial charge in [0.1, 0.15) is 6.10 Å². The van der Waals surface area contributed by atoms with Gasteiger partial charge in [0, 0.05) is 25.7 Å². The smallest absolute Gasteiger partial charge is 0.490 e. The van der Waals surface area contributed by atoms with Crippen molar-refractivity contribution in [1.29, 1.82) is 0 Å². The maximum atomic E-state index is 14.7. The number of hydroxylamine groups is 2. The molecule has 1 aromatic rings. The summed E-state index contributed by atoms with van der Waals surface area (Å²) in [6.07, 6.45) is -32.9. The molecule has 1 heterocycles. The van der Waals surface area contributed by atoms with Gasteiger partial charge in [-0.2, -0.15) is 149 Å². The van der Waals surface area contributed by atoms with Crippen molar-refractivity contribution in [3.05, 3.63) is 27.8 Å². The molecule has 0 spiro atoms. The number of carbonyl (C=O) groups is 3. The van der Waals surface area contributed by atoms with Gasteiger partial charge in [0.25, 0.3) is 17.5 Å². The lowest BCUT2D eigenvalue weighted by molar-refractivity contribution is -0.461. The molecular formula is C37H26F34N2O9. The molecule has 0 N–H and O–H groups in total. The lowest BCUT2D eigenvalue weighted by atomic mass is 9.88. The van der Waals surface area contributed by atoms with E-state index in [2.05, 4.69) is 9.57 Å². The van der Waals surface area contributed by atoms with Crippen LogP contribution in [0.4, 0.5) is 160 Å². The molecule has 1 aliphatic heterocycles. The van der Waals surface area contributed by atoms with E-state index in [4.69, 9.17) is 9.47 Å². The molecule has 1 aliphatic rings. The lowest BCUT2D eigenvalue weighted by Gasteiger charge is -2.42. The molecule has 0 aliphatic carbocycles. The van der Waals surface area contributed by atoms with Gasteiger partial charge in [0.2, 0.25) is 0 Å². The highest BCUT2D eigenvalue weighted by Gasteiger charge is 2.97. The number of amides is 2. The molecule has 1 aromatic carbocycles. The Kier molecular flexibility index (Phi) is 19.4. The number of alkyl halides is 34. The van der Waals surface area contributed by atoms with Gasteiger partial charge in [-0.15, -0.1) is 0 Å². The van der Waals surface area contributed by atoms with Gasteiger partial charge in [-0.05, 0) is 24.8 Å². The molecule has 1 atom stereocenters. The zero-order valence-corrected chi connectivity index (χ0v) is 38.9. The molecule has 2 amide bonds. The molecule has 1 unspecified atom stereocenters.